The zero-order chi connectivity index (χ0) is 17.9. The highest BCUT2D eigenvalue weighted by Crippen LogP contribution is 2.31. The summed E-state index contributed by atoms with van der Waals surface area (Å²) in [6.45, 7) is 0.734. The van der Waals surface area contributed by atoms with Gasteiger partial charge in [-0.2, -0.15) is 0 Å². The smallest absolute Gasteiger partial charge is 0.247 e. The lowest BCUT2D eigenvalue weighted by Gasteiger charge is -2.22. The SMILES string of the molecule is COc1ccc(/C=C\C(=O)N2CCC[C@H]2c2nnc3ccccn23)cc1. The minimum absolute atomic E-state index is 0.00370. The molecule has 3 aromatic rings. The van der Waals surface area contributed by atoms with Crippen molar-refractivity contribution in [2.45, 2.75) is 18.9 Å². The summed E-state index contributed by atoms with van der Waals surface area (Å²) in [5.41, 5.74) is 1.76. The summed E-state index contributed by atoms with van der Waals surface area (Å²) >= 11 is 0. The van der Waals surface area contributed by atoms with Gasteiger partial charge in [0, 0.05) is 18.8 Å². The van der Waals surface area contributed by atoms with Gasteiger partial charge >= 0.3 is 0 Å². The third kappa shape index (κ3) is 3.06. The summed E-state index contributed by atoms with van der Waals surface area (Å²) in [5, 5.41) is 8.54. The number of methoxy groups -OCH3 is 1. The predicted molar refractivity (Wildman–Crippen MR) is 98.7 cm³/mol. The van der Waals surface area contributed by atoms with E-state index >= 15 is 0 Å². The van der Waals surface area contributed by atoms with Crippen LogP contribution < -0.4 is 4.74 Å². The Morgan fingerprint density at radius 3 is 2.85 bits per heavy atom. The first-order valence-corrected chi connectivity index (χ1v) is 8.68. The third-order valence-electron chi connectivity index (χ3n) is 4.71. The molecule has 132 valence electrons. The van der Waals surface area contributed by atoms with Crippen LogP contribution in [0, 0.1) is 0 Å². The number of amides is 1. The molecule has 6 nitrogen and oxygen atoms in total. The first kappa shape index (κ1) is 16.3. The average molecular weight is 348 g/mol. The number of carbonyl (C=O) groups excluding carboxylic acids is 1. The van der Waals surface area contributed by atoms with Crippen LogP contribution in [0.4, 0.5) is 0 Å². The van der Waals surface area contributed by atoms with E-state index in [-0.39, 0.29) is 11.9 Å². The number of aromatic nitrogens is 3. The number of hydrogen-bond acceptors (Lipinski definition) is 4. The lowest BCUT2D eigenvalue weighted by molar-refractivity contribution is -0.127. The van der Waals surface area contributed by atoms with Crippen molar-refractivity contribution >= 4 is 17.6 Å². The van der Waals surface area contributed by atoms with Crippen LogP contribution in [0.3, 0.4) is 0 Å². The molecular formula is C20H20N4O2. The second-order valence-electron chi connectivity index (χ2n) is 6.28. The van der Waals surface area contributed by atoms with Crippen molar-refractivity contribution in [3.05, 3.63) is 66.1 Å². The Kier molecular flexibility index (Phi) is 4.39. The number of nitrogens with zero attached hydrogens (tertiary/aromatic N) is 4. The number of rotatable bonds is 4. The van der Waals surface area contributed by atoms with E-state index in [0.717, 1.165) is 42.2 Å². The second-order valence-corrected chi connectivity index (χ2v) is 6.28. The largest absolute Gasteiger partial charge is 0.497 e. The van der Waals surface area contributed by atoms with Gasteiger partial charge < -0.3 is 9.64 Å². The van der Waals surface area contributed by atoms with Crippen LogP contribution >= 0.6 is 0 Å². The molecule has 0 radical (unpaired) electrons. The summed E-state index contributed by atoms with van der Waals surface area (Å²) in [6.07, 6.45) is 7.27. The van der Waals surface area contributed by atoms with Crippen molar-refractivity contribution in [3.63, 3.8) is 0 Å². The van der Waals surface area contributed by atoms with Gasteiger partial charge in [-0.05, 0) is 48.7 Å². The molecule has 1 aromatic carbocycles. The minimum atomic E-state index is -0.0413. The van der Waals surface area contributed by atoms with Crippen molar-refractivity contribution in [3.8, 4) is 5.75 Å². The Balaban J connectivity index is 1.54. The number of benzene rings is 1. The quantitative estimate of drug-likeness (QED) is 0.680. The van der Waals surface area contributed by atoms with E-state index in [1.165, 1.54) is 0 Å². The Morgan fingerprint density at radius 2 is 2.04 bits per heavy atom. The molecule has 26 heavy (non-hydrogen) atoms. The van der Waals surface area contributed by atoms with E-state index in [4.69, 9.17) is 4.74 Å². The van der Waals surface area contributed by atoms with Crippen molar-refractivity contribution in [2.75, 3.05) is 13.7 Å². The van der Waals surface area contributed by atoms with Gasteiger partial charge in [0.05, 0.1) is 13.2 Å². The highest BCUT2D eigenvalue weighted by Gasteiger charge is 2.32. The number of carbonyl (C=O) groups is 1. The molecule has 0 unspecified atom stereocenters. The summed E-state index contributed by atoms with van der Waals surface area (Å²) in [7, 11) is 1.63. The van der Waals surface area contributed by atoms with E-state index in [0.29, 0.717) is 0 Å². The molecule has 1 fully saturated rings. The van der Waals surface area contributed by atoms with Crippen LogP contribution in [0.5, 0.6) is 5.75 Å². The van der Waals surface area contributed by atoms with Crippen LogP contribution in [0.1, 0.15) is 30.3 Å². The Hall–Kier alpha value is -3.15. The maximum Gasteiger partial charge on any atom is 0.247 e. The van der Waals surface area contributed by atoms with E-state index in [1.54, 1.807) is 13.2 Å². The highest BCUT2D eigenvalue weighted by molar-refractivity contribution is 5.92. The molecule has 1 aliphatic heterocycles. The van der Waals surface area contributed by atoms with Crippen LogP contribution in [0.15, 0.2) is 54.7 Å². The number of pyridine rings is 1. The van der Waals surface area contributed by atoms with Gasteiger partial charge in [-0.15, -0.1) is 10.2 Å². The van der Waals surface area contributed by atoms with Crippen LogP contribution in [-0.2, 0) is 4.79 Å². The van der Waals surface area contributed by atoms with Gasteiger partial charge in [-0.1, -0.05) is 18.2 Å². The standard InChI is InChI=1S/C20H20N4O2/c1-26-16-10-7-15(8-11-16)9-12-19(25)23-14-4-5-17(23)20-22-21-18-6-2-3-13-24(18)20/h2-3,6-13,17H,4-5,14H2,1H3/b12-9-/t17-/m0/s1. The summed E-state index contributed by atoms with van der Waals surface area (Å²) in [6, 6.07) is 13.4. The summed E-state index contributed by atoms with van der Waals surface area (Å²) in [4.78, 5) is 14.6. The van der Waals surface area contributed by atoms with Gasteiger partial charge in [0.1, 0.15) is 5.75 Å². The number of fused-ring (bicyclic) bond motifs is 1. The first-order valence-electron chi connectivity index (χ1n) is 8.68. The normalized spacial score (nSPS) is 17.3. The number of likely N-dealkylation sites (tertiary alicyclic amines) is 1. The Labute approximate surface area is 151 Å². The summed E-state index contributed by atoms with van der Waals surface area (Å²) in [5.74, 6) is 1.62. The molecule has 6 heteroatoms. The maximum absolute atomic E-state index is 12.7. The van der Waals surface area contributed by atoms with Crippen molar-refractivity contribution in [2.24, 2.45) is 0 Å². The predicted octanol–water partition coefficient (Wildman–Crippen LogP) is 3.11. The van der Waals surface area contributed by atoms with Crippen LogP contribution in [-0.4, -0.2) is 39.1 Å². The number of hydrogen-bond donors (Lipinski definition) is 0. The Morgan fingerprint density at radius 1 is 1.19 bits per heavy atom. The van der Waals surface area contributed by atoms with Crippen molar-refractivity contribution < 1.29 is 9.53 Å². The van der Waals surface area contributed by atoms with Crippen LogP contribution in [0.25, 0.3) is 11.7 Å². The zero-order valence-corrected chi connectivity index (χ0v) is 14.6. The van der Waals surface area contributed by atoms with E-state index < -0.39 is 0 Å². The van der Waals surface area contributed by atoms with Crippen LogP contribution in [0.2, 0.25) is 0 Å². The van der Waals surface area contributed by atoms with Gasteiger partial charge in [0.25, 0.3) is 0 Å². The topological polar surface area (TPSA) is 59.7 Å². The van der Waals surface area contributed by atoms with Gasteiger partial charge in [-0.3, -0.25) is 9.20 Å². The zero-order valence-electron chi connectivity index (χ0n) is 14.6. The second kappa shape index (κ2) is 7.00. The van der Waals surface area contributed by atoms with Gasteiger partial charge in [-0.25, -0.2) is 0 Å². The molecule has 3 heterocycles. The minimum Gasteiger partial charge on any atom is -0.497 e. The molecule has 0 bridgehead atoms. The van der Waals surface area contributed by atoms with E-state index in [2.05, 4.69) is 10.2 Å². The van der Waals surface area contributed by atoms with Crippen molar-refractivity contribution in [1.29, 1.82) is 0 Å². The molecule has 0 saturated carbocycles. The lowest BCUT2D eigenvalue weighted by Crippen LogP contribution is -2.30. The maximum atomic E-state index is 12.7. The summed E-state index contributed by atoms with van der Waals surface area (Å²) < 4.78 is 7.11. The average Bonchev–Trinajstić information content (AvgIpc) is 3.33. The molecule has 0 aliphatic carbocycles. The molecule has 4 rings (SSSR count). The molecule has 0 spiro atoms. The van der Waals surface area contributed by atoms with Gasteiger partial charge in [0.15, 0.2) is 11.5 Å². The fourth-order valence-electron chi connectivity index (χ4n) is 3.36. The number of ether oxygens (including phenoxy) is 1. The van der Waals surface area contributed by atoms with Gasteiger partial charge in [0.2, 0.25) is 5.91 Å². The Bertz CT molecular complexity index is 946. The first-order chi connectivity index (χ1) is 12.8. The molecule has 2 aromatic heterocycles. The molecule has 1 saturated heterocycles. The fourth-order valence-corrected chi connectivity index (χ4v) is 3.36. The molecular weight excluding hydrogens is 328 g/mol. The van der Waals surface area contributed by atoms with E-state index in [1.807, 2.05) is 64.0 Å². The monoisotopic (exact) mass is 348 g/mol. The molecule has 1 atom stereocenters. The van der Waals surface area contributed by atoms with Crippen molar-refractivity contribution in [1.82, 2.24) is 19.5 Å². The fraction of sp³-hybridized carbons (Fsp3) is 0.250. The third-order valence-corrected chi connectivity index (χ3v) is 4.71. The molecule has 1 aliphatic rings. The molecule has 0 N–H and O–H groups in total. The van der Waals surface area contributed by atoms with E-state index in [9.17, 15) is 4.79 Å². The highest BCUT2D eigenvalue weighted by atomic mass is 16.5. The molecule has 1 amide bonds. The lowest BCUT2D eigenvalue weighted by atomic mass is 10.2.